The highest BCUT2D eigenvalue weighted by Gasteiger charge is 2.78. The SMILES string of the molecule is C[C@]12C=CC(=O)CC1=C(F)CC1C3C[C@@H](O)[C@](OC(=O)CCCO[N+](=O)[O-])(C(=O)COC(=O)CCCC(CO[N+](=O)[O-])O[N+](=O)[O-])[C@@]3(C)C[C@H](O)[C@@]12F. The summed E-state index contributed by atoms with van der Waals surface area (Å²) in [6.07, 6.45) is -6.96. The van der Waals surface area contributed by atoms with Gasteiger partial charge in [-0.05, 0) is 56.6 Å². The average Bonchev–Trinajstić information content (AvgIpc) is 3.28. The summed E-state index contributed by atoms with van der Waals surface area (Å²) in [6.45, 7) is 0.189. The number of rotatable bonds is 18. The molecule has 0 aromatic heterocycles. The third-order valence-corrected chi connectivity index (χ3v) is 11.1. The van der Waals surface area contributed by atoms with Gasteiger partial charge in [-0.25, -0.2) is 8.78 Å². The lowest BCUT2D eigenvalue weighted by molar-refractivity contribution is -0.790. The molecule has 20 nitrogen and oxygen atoms in total. The molecule has 0 heterocycles. The molecule has 294 valence electrons. The Balaban J connectivity index is 1.60. The summed E-state index contributed by atoms with van der Waals surface area (Å²) >= 11 is 0. The van der Waals surface area contributed by atoms with Crippen molar-refractivity contribution < 1.29 is 77.4 Å². The van der Waals surface area contributed by atoms with Crippen LogP contribution in [0.1, 0.15) is 71.6 Å². The number of hydrogen-bond acceptors (Lipinski definition) is 17. The number of ketones is 2. The predicted octanol–water partition coefficient (Wildman–Crippen LogP) is 1.96. The zero-order valence-electron chi connectivity index (χ0n) is 28.6. The Bertz CT molecular complexity index is 1590. The highest BCUT2D eigenvalue weighted by Crippen LogP contribution is 2.70. The van der Waals surface area contributed by atoms with E-state index in [-0.39, 0.29) is 24.8 Å². The number of alkyl halides is 1. The molecule has 22 heteroatoms. The number of nitrogens with zero attached hydrogens (tertiary/aromatic N) is 3. The van der Waals surface area contributed by atoms with Gasteiger partial charge in [-0.2, -0.15) is 0 Å². The van der Waals surface area contributed by atoms with E-state index in [1.807, 2.05) is 0 Å². The Morgan fingerprint density at radius 3 is 2.28 bits per heavy atom. The maximum absolute atomic E-state index is 17.6. The minimum Gasteiger partial charge on any atom is -0.457 e. The number of esters is 2. The second-order valence-electron chi connectivity index (χ2n) is 14.0. The van der Waals surface area contributed by atoms with E-state index in [9.17, 15) is 59.7 Å². The van der Waals surface area contributed by atoms with E-state index in [1.54, 1.807) is 0 Å². The minimum atomic E-state index is -2.62. The molecule has 2 N–H and O–H groups in total. The summed E-state index contributed by atoms with van der Waals surface area (Å²) in [5, 5.41) is 51.5. The van der Waals surface area contributed by atoms with Crippen LogP contribution in [0.25, 0.3) is 0 Å². The maximum atomic E-state index is 17.6. The first-order chi connectivity index (χ1) is 24.7. The van der Waals surface area contributed by atoms with Gasteiger partial charge < -0.3 is 34.2 Å². The number of halogens is 2. The number of carbonyl (C=O) groups excluding carboxylic acids is 4. The van der Waals surface area contributed by atoms with E-state index in [2.05, 4.69) is 14.5 Å². The lowest BCUT2D eigenvalue weighted by Gasteiger charge is -2.62. The molecule has 2 saturated carbocycles. The highest BCUT2D eigenvalue weighted by molar-refractivity contribution is 5.95. The van der Waals surface area contributed by atoms with Crippen molar-refractivity contribution >= 4 is 23.5 Å². The van der Waals surface area contributed by atoms with Crippen LogP contribution in [0, 0.1) is 53.0 Å². The fourth-order valence-electron chi connectivity index (χ4n) is 8.74. The summed E-state index contributed by atoms with van der Waals surface area (Å²) in [5.74, 6) is -7.24. The Morgan fingerprint density at radius 1 is 0.981 bits per heavy atom. The van der Waals surface area contributed by atoms with Crippen LogP contribution >= 0.6 is 0 Å². The third-order valence-electron chi connectivity index (χ3n) is 11.1. The van der Waals surface area contributed by atoms with Crippen molar-refractivity contribution in [2.75, 3.05) is 19.8 Å². The number of hydrogen-bond donors (Lipinski definition) is 2. The van der Waals surface area contributed by atoms with Gasteiger partial charge in [0.05, 0.1) is 12.7 Å². The highest BCUT2D eigenvalue weighted by atomic mass is 19.1. The number of aliphatic hydroxyl groups is 2. The number of allylic oxidation sites excluding steroid dienone is 4. The molecule has 4 aliphatic carbocycles. The molecular weight excluding hydrogens is 724 g/mol. The van der Waals surface area contributed by atoms with E-state index in [4.69, 9.17) is 9.47 Å². The molecule has 0 aromatic carbocycles. The Hall–Kier alpha value is -4.86. The molecule has 4 aliphatic rings. The number of carbonyl (C=O) groups is 4. The third kappa shape index (κ3) is 7.64. The van der Waals surface area contributed by atoms with Crippen LogP contribution in [-0.4, -0.2) is 98.4 Å². The Labute approximate surface area is 298 Å². The second-order valence-corrected chi connectivity index (χ2v) is 14.0. The molecule has 3 unspecified atom stereocenters. The molecule has 0 aromatic rings. The predicted molar refractivity (Wildman–Crippen MR) is 165 cm³/mol. The normalized spacial score (nSPS) is 33.4. The van der Waals surface area contributed by atoms with Crippen molar-refractivity contribution in [2.24, 2.45) is 22.7 Å². The molecule has 0 radical (unpaired) electrons. The average molecular weight is 764 g/mol. The van der Waals surface area contributed by atoms with Crippen molar-refractivity contribution in [3.63, 3.8) is 0 Å². The standard InChI is InChI=1S/C31H39F2N3O17/c1-28-9-8-17(37)11-21(28)22(32)12-20-19-13-23(38)31(29(19,2)14-24(39)30(20,28)33,52-27(42)7-4-10-50-34(43)44)25(40)16-49-26(41)6-3-5-18(53-36(47)48)15-51-35(45)46/h8-9,18-20,23-24,38-39H,3-7,10-16H2,1-2H3/t18?,19?,20?,23-,24+,28+,29+,30+,31+/m1/s1. The lowest BCUT2D eigenvalue weighted by Crippen LogP contribution is -2.70. The first-order valence-electron chi connectivity index (χ1n) is 16.6. The van der Waals surface area contributed by atoms with Crippen LogP contribution in [0.15, 0.2) is 23.6 Å². The summed E-state index contributed by atoms with van der Waals surface area (Å²) in [6, 6.07) is 0. The van der Waals surface area contributed by atoms with Gasteiger partial charge in [-0.15, -0.1) is 30.3 Å². The topological polar surface area (TPSA) is 284 Å². The monoisotopic (exact) mass is 763 g/mol. The first kappa shape index (κ1) is 40.9. The molecule has 0 saturated heterocycles. The molecule has 0 bridgehead atoms. The molecule has 0 spiro atoms. The molecule has 2 fully saturated rings. The van der Waals surface area contributed by atoms with Gasteiger partial charge in [0.25, 0.3) is 15.3 Å². The largest absolute Gasteiger partial charge is 0.457 e. The second kappa shape index (κ2) is 15.6. The van der Waals surface area contributed by atoms with Gasteiger partial charge >= 0.3 is 11.9 Å². The number of ether oxygens (including phenoxy) is 2. The zero-order valence-corrected chi connectivity index (χ0v) is 28.6. The van der Waals surface area contributed by atoms with Crippen LogP contribution in [0.3, 0.4) is 0 Å². The maximum Gasteiger partial charge on any atom is 0.306 e. The molecule has 9 atom stereocenters. The van der Waals surface area contributed by atoms with Crippen molar-refractivity contribution in [1.29, 1.82) is 0 Å². The van der Waals surface area contributed by atoms with E-state index in [1.165, 1.54) is 19.9 Å². The van der Waals surface area contributed by atoms with E-state index in [0.29, 0.717) is 0 Å². The van der Waals surface area contributed by atoms with Crippen molar-refractivity contribution in [2.45, 2.75) is 101 Å². The van der Waals surface area contributed by atoms with Crippen molar-refractivity contribution in [3.8, 4) is 0 Å². The first-order valence-corrected chi connectivity index (χ1v) is 16.6. The Morgan fingerprint density at radius 2 is 1.64 bits per heavy atom. The van der Waals surface area contributed by atoms with Crippen LogP contribution in [-0.2, 0) is 43.2 Å². The van der Waals surface area contributed by atoms with Gasteiger partial charge in [-0.3, -0.25) is 19.2 Å². The van der Waals surface area contributed by atoms with Gasteiger partial charge in [0, 0.05) is 42.4 Å². The number of Topliss-reactive ketones (excluding diaryl/α,β-unsaturated/α-hetero) is 1. The number of aliphatic hydroxyl groups excluding tert-OH is 2. The molecule has 4 rings (SSSR count). The van der Waals surface area contributed by atoms with E-state index in [0.717, 1.165) is 6.08 Å². The van der Waals surface area contributed by atoms with Crippen molar-refractivity contribution in [1.82, 2.24) is 0 Å². The molecular formula is C31H39F2N3O17. The number of fused-ring (bicyclic) bond motifs is 5. The summed E-state index contributed by atoms with van der Waals surface area (Å²) in [5.41, 5.74) is -8.99. The van der Waals surface area contributed by atoms with E-state index >= 15 is 8.78 Å². The molecule has 0 amide bonds. The summed E-state index contributed by atoms with van der Waals surface area (Å²) in [7, 11) is 0. The van der Waals surface area contributed by atoms with Crippen LogP contribution in [0.4, 0.5) is 8.78 Å². The summed E-state index contributed by atoms with van der Waals surface area (Å²) < 4.78 is 44.3. The van der Waals surface area contributed by atoms with Gasteiger partial charge in [0.1, 0.15) is 24.6 Å². The quantitative estimate of drug-likeness (QED) is 0.0873. The van der Waals surface area contributed by atoms with Crippen molar-refractivity contribution in [3.05, 3.63) is 53.9 Å². The fourth-order valence-corrected chi connectivity index (χ4v) is 8.74. The van der Waals surface area contributed by atoms with Gasteiger partial charge in [-0.1, -0.05) is 13.0 Å². The van der Waals surface area contributed by atoms with Crippen LogP contribution in [0.2, 0.25) is 0 Å². The van der Waals surface area contributed by atoms with Crippen LogP contribution < -0.4 is 0 Å². The van der Waals surface area contributed by atoms with E-state index < -0.39 is 155 Å². The van der Waals surface area contributed by atoms with Gasteiger partial charge in [0.15, 0.2) is 18.1 Å². The zero-order chi connectivity index (χ0) is 39.5. The Kier molecular flexibility index (Phi) is 12.1. The lowest BCUT2D eigenvalue weighted by atomic mass is 9.45. The molecule has 53 heavy (non-hydrogen) atoms. The van der Waals surface area contributed by atoms with Crippen LogP contribution in [0.5, 0.6) is 0 Å². The fraction of sp³-hybridized carbons (Fsp3) is 0.742. The minimum absolute atomic E-state index is 0.135. The summed E-state index contributed by atoms with van der Waals surface area (Å²) in [4.78, 5) is 96.5. The molecule has 0 aliphatic heterocycles. The smallest absolute Gasteiger partial charge is 0.306 e. The van der Waals surface area contributed by atoms with Gasteiger partial charge in [0.2, 0.25) is 11.4 Å².